The van der Waals surface area contributed by atoms with Crippen molar-refractivity contribution in [1.82, 2.24) is 0 Å². The van der Waals surface area contributed by atoms with Gasteiger partial charge in [-0.2, -0.15) is 0 Å². The first-order valence-corrected chi connectivity index (χ1v) is 7.89. The van der Waals surface area contributed by atoms with E-state index in [1.165, 1.54) is 11.3 Å². The maximum Gasteiger partial charge on any atom is 0.204 e. The lowest BCUT2D eigenvalue weighted by atomic mass is 10.3. The van der Waals surface area contributed by atoms with Crippen molar-refractivity contribution < 1.29 is 13.9 Å². The van der Waals surface area contributed by atoms with Crippen LogP contribution in [0, 0.1) is 6.92 Å². The van der Waals surface area contributed by atoms with Crippen LogP contribution in [0.25, 0.3) is 10.3 Å². The van der Waals surface area contributed by atoms with Gasteiger partial charge in [-0.25, -0.2) is 0 Å². The number of ether oxygens (including phenoxy) is 2. The predicted molar refractivity (Wildman–Crippen MR) is 85.7 cm³/mol. The molecule has 0 aliphatic heterocycles. The average molecular weight is 311 g/mol. The van der Waals surface area contributed by atoms with Gasteiger partial charge in [0.15, 0.2) is 11.5 Å². The summed E-state index contributed by atoms with van der Waals surface area (Å²) in [4.78, 5) is 14.1. The minimum absolute atomic E-state index is 0.0168. The number of hydrogen-bond acceptors (Lipinski definition) is 6. The summed E-state index contributed by atoms with van der Waals surface area (Å²) in [5.74, 6) is 0.604. The smallest absolute Gasteiger partial charge is 0.204 e. The zero-order valence-electron chi connectivity index (χ0n) is 12.7. The van der Waals surface area contributed by atoms with Crippen LogP contribution in [-0.4, -0.2) is 40.0 Å². The highest BCUT2D eigenvalue weighted by molar-refractivity contribution is 7.17. The first-order valence-electron chi connectivity index (χ1n) is 7.01. The summed E-state index contributed by atoms with van der Waals surface area (Å²) in [6, 6.07) is 1.57. The lowest BCUT2D eigenvalue weighted by Gasteiger charge is -2.21. The lowest BCUT2D eigenvalue weighted by Crippen LogP contribution is -2.28. The molecule has 5 nitrogen and oxygen atoms in total. The molecule has 0 aliphatic carbocycles. The zero-order chi connectivity index (χ0) is 15.2. The molecule has 0 N–H and O–H groups in total. The van der Waals surface area contributed by atoms with Gasteiger partial charge in [-0.15, -0.1) is 11.3 Å². The van der Waals surface area contributed by atoms with Crippen LogP contribution in [0.1, 0.15) is 12.5 Å². The minimum Gasteiger partial charge on any atom is -0.439 e. The van der Waals surface area contributed by atoms with Gasteiger partial charge in [0.1, 0.15) is 4.70 Å². The van der Waals surface area contributed by atoms with Crippen LogP contribution in [-0.2, 0) is 9.47 Å². The van der Waals surface area contributed by atoms with Crippen molar-refractivity contribution in [1.29, 1.82) is 0 Å². The Labute approximate surface area is 128 Å². The minimum atomic E-state index is 0.0168. The van der Waals surface area contributed by atoms with Gasteiger partial charge in [0.05, 0.1) is 19.8 Å². The molecule has 0 radical (unpaired) electrons. The van der Waals surface area contributed by atoms with E-state index in [9.17, 15) is 4.79 Å². The third-order valence-corrected chi connectivity index (χ3v) is 4.33. The fourth-order valence-corrected chi connectivity index (χ4v) is 2.93. The van der Waals surface area contributed by atoms with Crippen molar-refractivity contribution in [2.24, 2.45) is 0 Å². The molecule has 21 heavy (non-hydrogen) atoms. The molecule has 6 heteroatoms. The number of fused-ring (bicyclic) bond motifs is 1. The molecule has 2 heterocycles. The number of rotatable bonds is 8. The lowest BCUT2D eigenvalue weighted by molar-refractivity contribution is 0.0739. The van der Waals surface area contributed by atoms with Crippen molar-refractivity contribution in [3.63, 3.8) is 0 Å². The second kappa shape index (κ2) is 7.59. The highest BCUT2D eigenvalue weighted by Crippen LogP contribution is 2.26. The Kier molecular flexibility index (Phi) is 5.78. The summed E-state index contributed by atoms with van der Waals surface area (Å²) in [5, 5.41) is 1.95. The van der Waals surface area contributed by atoms with Crippen LogP contribution in [0.5, 0.6) is 0 Å². The van der Waals surface area contributed by atoms with E-state index < -0.39 is 0 Å². The van der Waals surface area contributed by atoms with Crippen molar-refractivity contribution in [3.8, 4) is 0 Å². The fraction of sp³-hybridized carbons (Fsp3) is 0.533. The van der Waals surface area contributed by atoms with Crippen LogP contribution in [0.15, 0.2) is 20.7 Å². The highest BCUT2D eigenvalue weighted by atomic mass is 32.1. The molecule has 0 bridgehead atoms. The fourth-order valence-electron chi connectivity index (χ4n) is 2.04. The van der Waals surface area contributed by atoms with E-state index in [1.807, 2.05) is 24.1 Å². The van der Waals surface area contributed by atoms with Crippen molar-refractivity contribution in [2.45, 2.75) is 13.8 Å². The summed E-state index contributed by atoms with van der Waals surface area (Å²) < 4.78 is 17.0. The van der Waals surface area contributed by atoms with E-state index in [1.54, 1.807) is 13.2 Å². The van der Waals surface area contributed by atoms with Crippen molar-refractivity contribution >= 4 is 27.5 Å². The summed E-state index contributed by atoms with van der Waals surface area (Å²) >= 11 is 1.43. The maximum atomic E-state index is 12.1. The molecule has 0 atom stereocenters. The molecule has 2 aromatic rings. The molecule has 0 amide bonds. The van der Waals surface area contributed by atoms with E-state index in [0.29, 0.717) is 42.5 Å². The average Bonchev–Trinajstić information content (AvgIpc) is 2.85. The van der Waals surface area contributed by atoms with Crippen LogP contribution in [0.4, 0.5) is 5.88 Å². The topological polar surface area (TPSA) is 51.9 Å². The van der Waals surface area contributed by atoms with Gasteiger partial charge >= 0.3 is 0 Å². The Hall–Kier alpha value is -1.37. The van der Waals surface area contributed by atoms with Crippen LogP contribution in [0.3, 0.4) is 0 Å². The van der Waals surface area contributed by atoms with Crippen LogP contribution >= 0.6 is 11.3 Å². The standard InChI is InChI=1S/C15H21NO4S/c1-4-16(5-6-19-8-7-18-3)13-9-12(17)15-14(20-13)11(2)10-21-15/h9-10H,4-8H2,1-3H3. The molecule has 0 fully saturated rings. The Morgan fingerprint density at radius 2 is 2.14 bits per heavy atom. The van der Waals surface area contributed by atoms with Gasteiger partial charge < -0.3 is 18.8 Å². The molecule has 2 rings (SSSR count). The van der Waals surface area contributed by atoms with Crippen molar-refractivity contribution in [3.05, 3.63) is 27.2 Å². The Balaban J connectivity index is 2.10. The number of likely N-dealkylation sites (N-methyl/N-ethyl adjacent to an activating group) is 1. The molecule has 2 aromatic heterocycles. The Morgan fingerprint density at radius 3 is 2.86 bits per heavy atom. The first kappa shape index (κ1) is 16.0. The molecule has 0 unspecified atom stereocenters. The molecule has 0 saturated carbocycles. The van der Waals surface area contributed by atoms with Gasteiger partial charge in [0.25, 0.3) is 0 Å². The third kappa shape index (κ3) is 3.84. The van der Waals surface area contributed by atoms with Crippen molar-refractivity contribution in [2.75, 3.05) is 44.9 Å². The van der Waals surface area contributed by atoms with Gasteiger partial charge in [0.2, 0.25) is 5.43 Å². The second-order valence-electron chi connectivity index (χ2n) is 4.71. The molecule has 0 saturated heterocycles. The van der Waals surface area contributed by atoms with Gasteiger partial charge in [-0.05, 0) is 19.2 Å². The summed E-state index contributed by atoms with van der Waals surface area (Å²) in [7, 11) is 1.65. The van der Waals surface area contributed by atoms with E-state index in [0.717, 1.165) is 12.1 Å². The van der Waals surface area contributed by atoms with Gasteiger partial charge in [0, 0.05) is 31.8 Å². The number of aryl methyl sites for hydroxylation is 1. The molecular formula is C15H21NO4S. The van der Waals surface area contributed by atoms with E-state index >= 15 is 0 Å². The molecular weight excluding hydrogens is 290 g/mol. The normalized spacial score (nSPS) is 11.2. The number of hydrogen-bond donors (Lipinski definition) is 0. The highest BCUT2D eigenvalue weighted by Gasteiger charge is 2.13. The summed E-state index contributed by atoms with van der Waals surface area (Å²) in [6.45, 7) is 7.14. The van der Waals surface area contributed by atoms with Crippen LogP contribution in [0.2, 0.25) is 0 Å². The molecule has 0 aromatic carbocycles. The van der Waals surface area contributed by atoms with E-state index in [-0.39, 0.29) is 5.43 Å². The number of nitrogens with zero attached hydrogens (tertiary/aromatic N) is 1. The quantitative estimate of drug-likeness (QED) is 0.702. The predicted octanol–water partition coefficient (Wildman–Crippen LogP) is 2.65. The number of anilines is 1. The largest absolute Gasteiger partial charge is 0.439 e. The van der Waals surface area contributed by atoms with E-state index in [4.69, 9.17) is 13.9 Å². The Bertz CT molecular complexity index is 634. The monoisotopic (exact) mass is 311 g/mol. The SMILES string of the molecule is CCN(CCOCCOC)c1cc(=O)c2scc(C)c2o1. The molecule has 0 aliphatic rings. The number of methoxy groups -OCH3 is 1. The number of thiophene rings is 1. The summed E-state index contributed by atoms with van der Waals surface area (Å²) in [6.07, 6.45) is 0. The second-order valence-corrected chi connectivity index (χ2v) is 5.59. The zero-order valence-corrected chi connectivity index (χ0v) is 13.5. The van der Waals surface area contributed by atoms with E-state index in [2.05, 4.69) is 0 Å². The van der Waals surface area contributed by atoms with Gasteiger partial charge in [-0.1, -0.05) is 0 Å². The third-order valence-electron chi connectivity index (χ3n) is 3.23. The first-order chi connectivity index (χ1) is 10.2. The van der Waals surface area contributed by atoms with Crippen LogP contribution < -0.4 is 10.3 Å². The molecule has 116 valence electrons. The molecule has 0 spiro atoms. The summed E-state index contributed by atoms with van der Waals surface area (Å²) in [5.41, 5.74) is 1.71. The van der Waals surface area contributed by atoms with Gasteiger partial charge in [-0.3, -0.25) is 4.79 Å². The maximum absolute atomic E-state index is 12.1. The Morgan fingerprint density at radius 1 is 1.33 bits per heavy atom.